The summed E-state index contributed by atoms with van der Waals surface area (Å²) in [5.74, 6) is -3.84. The molecule has 120 valence electrons. The summed E-state index contributed by atoms with van der Waals surface area (Å²) in [5, 5.41) is 5.16. The van der Waals surface area contributed by atoms with E-state index in [-0.39, 0.29) is 18.7 Å². The lowest BCUT2D eigenvalue weighted by Crippen LogP contribution is -2.56. The third-order valence-corrected chi connectivity index (χ3v) is 3.87. The van der Waals surface area contributed by atoms with E-state index in [1.165, 1.54) is 0 Å². The fourth-order valence-corrected chi connectivity index (χ4v) is 2.24. The van der Waals surface area contributed by atoms with Crippen LogP contribution in [-0.4, -0.2) is 60.6 Å². The Labute approximate surface area is 121 Å². The van der Waals surface area contributed by atoms with E-state index >= 15 is 0 Å². The fraction of sp³-hybridized carbons (Fsp3) is 0.833. The minimum atomic E-state index is -3.10. The molecule has 3 amide bonds. The van der Waals surface area contributed by atoms with Gasteiger partial charge in [0.25, 0.3) is 11.8 Å². The van der Waals surface area contributed by atoms with Crippen LogP contribution in [0.2, 0.25) is 0 Å². The van der Waals surface area contributed by atoms with Gasteiger partial charge in [0.05, 0.1) is 6.61 Å². The molecule has 2 heterocycles. The number of likely N-dealkylation sites (N-methyl/N-ethyl adjacent to an activating group) is 1. The van der Waals surface area contributed by atoms with Gasteiger partial charge >= 0.3 is 6.03 Å². The number of hydrogen-bond donors (Lipinski definition) is 3. The number of carbonyl (C=O) groups is 2. The van der Waals surface area contributed by atoms with E-state index in [2.05, 4.69) is 16.1 Å². The standard InChI is InChI=1S/C12H20F2N4O3/c1-11(2,15-3)6-21-17-9(19)7-4-12(13,14)8-5-18(7)10(20)16-8/h7-8,15H,4-6H2,1-3H3,(H,16,20)(H,17,19). The maximum atomic E-state index is 13.8. The third-order valence-electron chi connectivity index (χ3n) is 3.87. The predicted octanol–water partition coefficient (Wildman–Crippen LogP) is -0.166. The number of hydroxylamine groups is 1. The lowest BCUT2D eigenvalue weighted by molar-refractivity contribution is -0.147. The van der Waals surface area contributed by atoms with Gasteiger partial charge in [0.2, 0.25) is 0 Å². The van der Waals surface area contributed by atoms with Crippen LogP contribution in [-0.2, 0) is 9.63 Å². The van der Waals surface area contributed by atoms with Crippen LogP contribution in [0.1, 0.15) is 20.3 Å². The second-order valence-corrected chi connectivity index (χ2v) is 6.02. The molecule has 9 heteroatoms. The maximum absolute atomic E-state index is 13.8. The number of halogens is 2. The smallest absolute Gasteiger partial charge is 0.318 e. The highest BCUT2D eigenvalue weighted by atomic mass is 19.3. The molecule has 2 aliphatic rings. The molecule has 21 heavy (non-hydrogen) atoms. The predicted molar refractivity (Wildman–Crippen MR) is 69.6 cm³/mol. The van der Waals surface area contributed by atoms with E-state index in [4.69, 9.17) is 4.84 Å². The number of piperidine rings is 1. The van der Waals surface area contributed by atoms with Gasteiger partial charge in [0, 0.05) is 18.5 Å². The van der Waals surface area contributed by atoms with Crippen molar-refractivity contribution in [3.8, 4) is 0 Å². The largest absolute Gasteiger partial charge is 0.327 e. The van der Waals surface area contributed by atoms with E-state index in [1.807, 2.05) is 13.8 Å². The zero-order valence-electron chi connectivity index (χ0n) is 12.2. The molecule has 0 saturated carbocycles. The number of carbonyl (C=O) groups excluding carboxylic acids is 2. The summed E-state index contributed by atoms with van der Waals surface area (Å²) in [6, 6.07) is -3.09. The highest BCUT2D eigenvalue weighted by Crippen LogP contribution is 2.35. The summed E-state index contributed by atoms with van der Waals surface area (Å²) in [6.07, 6.45) is -0.707. The molecule has 7 nitrogen and oxygen atoms in total. The molecule has 0 aromatic carbocycles. The molecule has 0 aliphatic carbocycles. The minimum absolute atomic E-state index is 0.160. The van der Waals surface area contributed by atoms with Crippen LogP contribution >= 0.6 is 0 Å². The van der Waals surface area contributed by atoms with Gasteiger partial charge in [-0.25, -0.2) is 19.1 Å². The lowest BCUT2D eigenvalue weighted by Gasteiger charge is -2.34. The van der Waals surface area contributed by atoms with Crippen LogP contribution in [0.4, 0.5) is 13.6 Å². The van der Waals surface area contributed by atoms with Crippen molar-refractivity contribution < 1.29 is 23.2 Å². The summed E-state index contributed by atoms with van der Waals surface area (Å²) in [5.41, 5.74) is 1.77. The van der Waals surface area contributed by atoms with Gasteiger partial charge in [-0.2, -0.15) is 0 Å². The average molecular weight is 306 g/mol. The fourth-order valence-electron chi connectivity index (χ4n) is 2.24. The highest BCUT2D eigenvalue weighted by Gasteiger charge is 2.56. The van der Waals surface area contributed by atoms with Crippen molar-refractivity contribution in [1.82, 2.24) is 21.0 Å². The Morgan fingerprint density at radius 3 is 2.86 bits per heavy atom. The molecule has 2 aliphatic heterocycles. The summed E-state index contributed by atoms with van der Waals surface area (Å²) in [4.78, 5) is 29.7. The van der Waals surface area contributed by atoms with Crippen molar-refractivity contribution in [3.05, 3.63) is 0 Å². The highest BCUT2D eigenvalue weighted by molar-refractivity contribution is 5.88. The number of alkyl halides is 2. The summed E-state index contributed by atoms with van der Waals surface area (Å²) in [7, 11) is 1.74. The molecule has 3 N–H and O–H groups in total. The van der Waals surface area contributed by atoms with Crippen molar-refractivity contribution in [2.75, 3.05) is 20.2 Å². The van der Waals surface area contributed by atoms with Crippen molar-refractivity contribution in [2.24, 2.45) is 0 Å². The number of amides is 3. The average Bonchev–Trinajstić information content (AvgIpc) is 2.74. The Morgan fingerprint density at radius 1 is 1.57 bits per heavy atom. The van der Waals surface area contributed by atoms with Crippen molar-refractivity contribution >= 4 is 11.9 Å². The Kier molecular flexibility index (Phi) is 4.07. The zero-order valence-corrected chi connectivity index (χ0v) is 12.2. The van der Waals surface area contributed by atoms with Gasteiger partial charge in [-0.1, -0.05) is 0 Å². The van der Waals surface area contributed by atoms with Gasteiger partial charge in [0.1, 0.15) is 12.1 Å². The second-order valence-electron chi connectivity index (χ2n) is 6.02. The summed E-state index contributed by atoms with van der Waals surface area (Å²) in [6.45, 7) is 3.69. The summed E-state index contributed by atoms with van der Waals surface area (Å²) >= 11 is 0. The van der Waals surface area contributed by atoms with Crippen molar-refractivity contribution in [1.29, 1.82) is 0 Å². The van der Waals surface area contributed by atoms with Gasteiger partial charge in [0.15, 0.2) is 0 Å². The van der Waals surface area contributed by atoms with Gasteiger partial charge in [-0.05, 0) is 20.9 Å². The zero-order chi connectivity index (χ0) is 15.8. The second kappa shape index (κ2) is 5.38. The Balaban J connectivity index is 1.94. The molecule has 0 spiro atoms. The third kappa shape index (κ3) is 3.24. The number of nitrogens with zero attached hydrogens (tertiary/aromatic N) is 1. The lowest BCUT2D eigenvalue weighted by atomic mass is 9.96. The number of fused-ring (bicyclic) bond motifs is 2. The van der Waals surface area contributed by atoms with Crippen LogP contribution in [0.3, 0.4) is 0 Å². The summed E-state index contributed by atoms with van der Waals surface area (Å²) < 4.78 is 27.5. The maximum Gasteiger partial charge on any atom is 0.318 e. The molecule has 2 atom stereocenters. The molecular formula is C12H20F2N4O3. The van der Waals surface area contributed by atoms with E-state index < -0.39 is 36.4 Å². The first-order chi connectivity index (χ1) is 9.66. The molecule has 2 bridgehead atoms. The molecule has 0 aromatic rings. The quantitative estimate of drug-likeness (QED) is 0.616. The monoisotopic (exact) mass is 306 g/mol. The first-order valence-corrected chi connectivity index (χ1v) is 6.72. The molecule has 2 unspecified atom stereocenters. The number of urea groups is 1. The molecule has 0 aromatic heterocycles. The normalized spacial score (nSPS) is 27.5. The van der Waals surface area contributed by atoms with Gasteiger partial charge in [-0.3, -0.25) is 9.63 Å². The SMILES string of the molecule is CNC(C)(C)CONC(=O)C1CC(F)(F)C2CN1C(=O)N2. The topological polar surface area (TPSA) is 82.7 Å². The van der Waals surface area contributed by atoms with Crippen LogP contribution in [0.5, 0.6) is 0 Å². The first kappa shape index (κ1) is 15.9. The van der Waals surface area contributed by atoms with Gasteiger partial charge in [-0.15, -0.1) is 0 Å². The van der Waals surface area contributed by atoms with E-state index in [9.17, 15) is 18.4 Å². The molecule has 2 rings (SSSR count). The molecule has 0 radical (unpaired) electrons. The van der Waals surface area contributed by atoms with E-state index in [0.717, 1.165) is 4.90 Å². The van der Waals surface area contributed by atoms with Crippen LogP contribution in [0.25, 0.3) is 0 Å². The van der Waals surface area contributed by atoms with E-state index in [1.54, 1.807) is 7.05 Å². The van der Waals surface area contributed by atoms with E-state index in [0.29, 0.717) is 0 Å². The molecular weight excluding hydrogens is 286 g/mol. The molecule has 2 saturated heterocycles. The van der Waals surface area contributed by atoms with Crippen LogP contribution in [0, 0.1) is 0 Å². The Morgan fingerprint density at radius 2 is 2.24 bits per heavy atom. The Hall–Kier alpha value is -1.48. The van der Waals surface area contributed by atoms with Crippen molar-refractivity contribution in [3.63, 3.8) is 0 Å². The number of hydrogen-bond acceptors (Lipinski definition) is 4. The Bertz CT molecular complexity index is 444. The van der Waals surface area contributed by atoms with Crippen LogP contribution in [0.15, 0.2) is 0 Å². The minimum Gasteiger partial charge on any atom is -0.327 e. The van der Waals surface area contributed by atoms with Crippen LogP contribution < -0.4 is 16.1 Å². The van der Waals surface area contributed by atoms with Gasteiger partial charge < -0.3 is 15.5 Å². The number of rotatable bonds is 5. The molecule has 2 fully saturated rings. The van der Waals surface area contributed by atoms with Crippen molar-refractivity contribution in [2.45, 2.75) is 43.8 Å². The number of nitrogens with one attached hydrogen (secondary N) is 3. The first-order valence-electron chi connectivity index (χ1n) is 6.72.